The minimum atomic E-state index is -0.235. The van der Waals surface area contributed by atoms with Crippen molar-refractivity contribution < 1.29 is 9.53 Å². The average molecular weight is 264 g/mol. The van der Waals surface area contributed by atoms with E-state index in [4.69, 9.17) is 10.5 Å². The van der Waals surface area contributed by atoms with Crippen molar-refractivity contribution in [1.29, 1.82) is 0 Å². The Morgan fingerprint density at radius 1 is 1.42 bits per heavy atom. The van der Waals surface area contributed by atoms with Gasteiger partial charge in [0.2, 0.25) is 0 Å². The lowest BCUT2D eigenvalue weighted by atomic mass is 10.1. The molecule has 0 fully saturated rings. The molecule has 0 heterocycles. The number of carbonyl (C=O) groups is 1. The van der Waals surface area contributed by atoms with Gasteiger partial charge in [0, 0.05) is 12.2 Å². The molecule has 4 nitrogen and oxygen atoms in total. The van der Waals surface area contributed by atoms with Gasteiger partial charge in [0.25, 0.3) is 0 Å². The molecule has 1 aromatic rings. The van der Waals surface area contributed by atoms with Crippen molar-refractivity contribution in [2.75, 3.05) is 18.9 Å². The van der Waals surface area contributed by atoms with Crippen molar-refractivity contribution in [2.45, 2.75) is 39.8 Å². The predicted molar refractivity (Wildman–Crippen MR) is 77.7 cm³/mol. The first-order valence-corrected chi connectivity index (χ1v) is 6.83. The fourth-order valence-electron chi connectivity index (χ4n) is 2.03. The van der Waals surface area contributed by atoms with Gasteiger partial charge in [-0.15, -0.1) is 0 Å². The second-order valence-electron chi connectivity index (χ2n) is 4.64. The third-order valence-corrected chi connectivity index (χ3v) is 3.02. The number of benzene rings is 1. The Bertz CT molecular complexity index is 407. The topological polar surface area (TPSA) is 55.6 Å². The molecule has 0 bridgehead atoms. The van der Waals surface area contributed by atoms with Crippen LogP contribution in [0, 0.1) is 0 Å². The maximum Gasteiger partial charge on any atom is 0.323 e. The van der Waals surface area contributed by atoms with Gasteiger partial charge in [-0.05, 0) is 44.5 Å². The Morgan fingerprint density at radius 2 is 2.16 bits per heavy atom. The summed E-state index contributed by atoms with van der Waals surface area (Å²) in [5.74, 6) is -0.167. The molecule has 0 saturated carbocycles. The zero-order valence-corrected chi connectivity index (χ0v) is 12.1. The molecule has 106 valence electrons. The van der Waals surface area contributed by atoms with Gasteiger partial charge in [0.05, 0.1) is 6.61 Å². The van der Waals surface area contributed by atoms with Gasteiger partial charge < -0.3 is 10.5 Å². The number of carbonyl (C=O) groups excluding carboxylic acids is 1. The summed E-state index contributed by atoms with van der Waals surface area (Å²) in [6.45, 7) is 7.80. The number of hydrogen-bond donors (Lipinski definition) is 1. The molecule has 1 aromatic carbocycles. The second kappa shape index (κ2) is 7.79. The largest absolute Gasteiger partial charge is 0.465 e. The highest BCUT2D eigenvalue weighted by molar-refractivity contribution is 5.75. The zero-order valence-electron chi connectivity index (χ0n) is 12.1. The maximum absolute atomic E-state index is 11.8. The van der Waals surface area contributed by atoms with Crippen molar-refractivity contribution in [3.63, 3.8) is 0 Å². The smallest absolute Gasteiger partial charge is 0.323 e. The SMILES string of the molecule is CCCN(Cc1cccc(N)c1)C(C)C(=O)OCC. The Morgan fingerprint density at radius 3 is 2.74 bits per heavy atom. The zero-order chi connectivity index (χ0) is 14.3. The van der Waals surface area contributed by atoms with Crippen LogP contribution >= 0.6 is 0 Å². The lowest BCUT2D eigenvalue weighted by Crippen LogP contribution is -2.40. The monoisotopic (exact) mass is 264 g/mol. The van der Waals surface area contributed by atoms with E-state index in [9.17, 15) is 4.79 Å². The molecule has 0 aliphatic rings. The summed E-state index contributed by atoms with van der Waals surface area (Å²) in [6.07, 6.45) is 0.992. The standard InChI is InChI=1S/C15H24N2O2/c1-4-9-17(12(3)15(18)19-5-2)11-13-7-6-8-14(16)10-13/h6-8,10,12H,4-5,9,11,16H2,1-3H3. The Kier molecular flexibility index (Phi) is 6.36. The molecule has 1 unspecified atom stereocenters. The van der Waals surface area contributed by atoms with Crippen LogP contribution in [0.15, 0.2) is 24.3 Å². The van der Waals surface area contributed by atoms with Gasteiger partial charge >= 0.3 is 5.97 Å². The van der Waals surface area contributed by atoms with Crippen LogP contribution in [-0.4, -0.2) is 30.1 Å². The number of hydrogen-bond acceptors (Lipinski definition) is 4. The third-order valence-electron chi connectivity index (χ3n) is 3.02. The van der Waals surface area contributed by atoms with Crippen LogP contribution in [-0.2, 0) is 16.1 Å². The summed E-state index contributed by atoms with van der Waals surface area (Å²) in [5, 5.41) is 0. The first-order valence-electron chi connectivity index (χ1n) is 6.83. The lowest BCUT2D eigenvalue weighted by molar-refractivity contribution is -0.149. The number of esters is 1. The predicted octanol–water partition coefficient (Wildman–Crippen LogP) is 2.43. The molecule has 0 radical (unpaired) electrons. The van der Waals surface area contributed by atoms with Crippen LogP contribution < -0.4 is 5.73 Å². The average Bonchev–Trinajstić information content (AvgIpc) is 2.38. The van der Waals surface area contributed by atoms with E-state index >= 15 is 0 Å². The van der Waals surface area contributed by atoms with Crippen molar-refractivity contribution in [3.05, 3.63) is 29.8 Å². The summed E-state index contributed by atoms with van der Waals surface area (Å²) >= 11 is 0. The summed E-state index contributed by atoms with van der Waals surface area (Å²) in [5.41, 5.74) is 7.65. The van der Waals surface area contributed by atoms with E-state index in [-0.39, 0.29) is 12.0 Å². The van der Waals surface area contributed by atoms with E-state index < -0.39 is 0 Å². The number of nitrogen functional groups attached to an aromatic ring is 1. The van der Waals surface area contributed by atoms with E-state index in [0.717, 1.165) is 24.2 Å². The van der Waals surface area contributed by atoms with Crippen LogP contribution in [0.3, 0.4) is 0 Å². The number of ether oxygens (including phenoxy) is 1. The molecule has 1 rings (SSSR count). The number of anilines is 1. The molecule has 4 heteroatoms. The molecule has 1 atom stereocenters. The van der Waals surface area contributed by atoms with Crippen molar-refractivity contribution in [2.24, 2.45) is 0 Å². The van der Waals surface area contributed by atoms with Gasteiger partial charge in [-0.3, -0.25) is 9.69 Å². The molecule has 0 saturated heterocycles. The van der Waals surface area contributed by atoms with Gasteiger partial charge in [-0.2, -0.15) is 0 Å². The van der Waals surface area contributed by atoms with Crippen molar-refractivity contribution in [3.8, 4) is 0 Å². The van der Waals surface area contributed by atoms with Gasteiger partial charge in [-0.1, -0.05) is 19.1 Å². The summed E-state index contributed by atoms with van der Waals surface area (Å²) in [4.78, 5) is 13.9. The summed E-state index contributed by atoms with van der Waals surface area (Å²) < 4.78 is 5.09. The van der Waals surface area contributed by atoms with Crippen LogP contribution in [0.4, 0.5) is 5.69 Å². The first-order chi connectivity index (χ1) is 9.08. The third kappa shape index (κ3) is 4.91. The molecule has 0 spiro atoms. The van der Waals surface area contributed by atoms with Crippen LogP contribution in [0.5, 0.6) is 0 Å². The fraction of sp³-hybridized carbons (Fsp3) is 0.533. The summed E-state index contributed by atoms with van der Waals surface area (Å²) in [7, 11) is 0. The van der Waals surface area contributed by atoms with E-state index in [1.54, 1.807) is 0 Å². The minimum Gasteiger partial charge on any atom is -0.465 e. The van der Waals surface area contributed by atoms with E-state index in [1.807, 2.05) is 38.1 Å². The van der Waals surface area contributed by atoms with Crippen molar-refractivity contribution in [1.82, 2.24) is 4.90 Å². The summed E-state index contributed by atoms with van der Waals surface area (Å²) in [6, 6.07) is 7.53. The first kappa shape index (κ1) is 15.5. The van der Waals surface area contributed by atoms with Gasteiger partial charge in [-0.25, -0.2) is 0 Å². The normalized spacial score (nSPS) is 12.4. The lowest BCUT2D eigenvalue weighted by Gasteiger charge is -2.27. The number of rotatable bonds is 7. The molecule has 0 aliphatic carbocycles. The van der Waals surface area contributed by atoms with E-state index in [1.165, 1.54) is 0 Å². The molecular formula is C15H24N2O2. The molecule has 0 aromatic heterocycles. The Labute approximate surface area is 115 Å². The fourth-order valence-corrected chi connectivity index (χ4v) is 2.03. The Hall–Kier alpha value is -1.55. The highest BCUT2D eigenvalue weighted by atomic mass is 16.5. The second-order valence-corrected chi connectivity index (χ2v) is 4.64. The highest BCUT2D eigenvalue weighted by Gasteiger charge is 2.21. The van der Waals surface area contributed by atoms with Gasteiger partial charge in [0.15, 0.2) is 0 Å². The molecule has 2 N–H and O–H groups in total. The number of nitrogens with zero attached hydrogens (tertiary/aromatic N) is 1. The number of nitrogens with two attached hydrogens (primary N) is 1. The highest BCUT2D eigenvalue weighted by Crippen LogP contribution is 2.13. The molecule has 19 heavy (non-hydrogen) atoms. The van der Waals surface area contributed by atoms with E-state index in [2.05, 4.69) is 11.8 Å². The van der Waals surface area contributed by atoms with Crippen LogP contribution in [0.2, 0.25) is 0 Å². The van der Waals surface area contributed by atoms with Gasteiger partial charge in [0.1, 0.15) is 6.04 Å². The van der Waals surface area contributed by atoms with Crippen LogP contribution in [0.1, 0.15) is 32.8 Å². The molecule has 0 amide bonds. The molecular weight excluding hydrogens is 240 g/mol. The Balaban J connectivity index is 2.74. The maximum atomic E-state index is 11.8. The van der Waals surface area contributed by atoms with Crippen molar-refractivity contribution >= 4 is 11.7 Å². The molecule has 0 aliphatic heterocycles. The van der Waals surface area contributed by atoms with E-state index in [0.29, 0.717) is 13.2 Å². The quantitative estimate of drug-likeness (QED) is 0.607. The minimum absolute atomic E-state index is 0.167. The van der Waals surface area contributed by atoms with Crippen LogP contribution in [0.25, 0.3) is 0 Å².